The number of H-pyrrole nitrogens is 1. The van der Waals surface area contributed by atoms with E-state index in [2.05, 4.69) is 32.4 Å². The largest absolute Gasteiger partial charge is 0.419 e. The number of aromatic nitrogens is 2. The minimum absolute atomic E-state index is 0.110. The molecular weight excluding hydrogens is 474 g/mol. The third-order valence-electron chi connectivity index (χ3n) is 6.72. The second-order valence-electron chi connectivity index (χ2n) is 8.95. The first kappa shape index (κ1) is 24.1. The van der Waals surface area contributed by atoms with E-state index in [1.807, 2.05) is 12.1 Å². The highest BCUT2D eigenvalue weighted by Crippen LogP contribution is 2.41. The van der Waals surface area contributed by atoms with Crippen molar-refractivity contribution in [3.8, 4) is 0 Å². The van der Waals surface area contributed by atoms with Gasteiger partial charge in [0, 0.05) is 54.0 Å². The lowest BCUT2D eigenvalue weighted by Crippen LogP contribution is -2.38. The fourth-order valence-corrected chi connectivity index (χ4v) is 4.84. The van der Waals surface area contributed by atoms with Crippen molar-refractivity contribution in [2.45, 2.75) is 32.0 Å². The average Bonchev–Trinajstić information content (AvgIpc) is 3.48. The van der Waals surface area contributed by atoms with Crippen molar-refractivity contribution in [2.75, 3.05) is 30.3 Å². The predicted octanol–water partition coefficient (Wildman–Crippen LogP) is 5.38. The number of aromatic amines is 1. The van der Waals surface area contributed by atoms with Gasteiger partial charge in [0.15, 0.2) is 0 Å². The molecule has 10 heteroatoms. The van der Waals surface area contributed by atoms with Crippen LogP contribution in [0.3, 0.4) is 0 Å². The van der Waals surface area contributed by atoms with Crippen LogP contribution in [-0.4, -0.2) is 46.5 Å². The summed E-state index contributed by atoms with van der Waals surface area (Å²) in [6.45, 7) is 5.18. The van der Waals surface area contributed by atoms with E-state index in [9.17, 15) is 22.4 Å². The zero-order valence-corrected chi connectivity index (χ0v) is 19.5. The van der Waals surface area contributed by atoms with Crippen molar-refractivity contribution in [1.29, 1.82) is 0 Å². The van der Waals surface area contributed by atoms with Gasteiger partial charge in [0.05, 0.1) is 11.1 Å². The molecule has 5 rings (SSSR count). The lowest BCUT2D eigenvalue weighted by molar-refractivity contribution is -0.140. The van der Waals surface area contributed by atoms with Gasteiger partial charge < -0.3 is 20.5 Å². The number of amides is 1. The highest BCUT2D eigenvalue weighted by molar-refractivity contribution is 6.38. The Morgan fingerprint density at radius 1 is 1.17 bits per heavy atom. The monoisotopic (exact) mass is 499 g/mol. The Bertz CT molecular complexity index is 1310. The summed E-state index contributed by atoms with van der Waals surface area (Å²) in [6.07, 6.45) is 0.155. The van der Waals surface area contributed by atoms with E-state index < -0.39 is 23.5 Å². The number of rotatable bonds is 5. The Kier molecular flexibility index (Phi) is 6.29. The zero-order valence-electron chi connectivity index (χ0n) is 19.5. The number of piperidine rings is 1. The Hall–Kier alpha value is -3.66. The van der Waals surface area contributed by atoms with Crippen LogP contribution in [0.15, 0.2) is 48.8 Å². The highest BCUT2D eigenvalue weighted by Gasteiger charge is 2.35. The molecule has 3 heterocycles. The Labute approximate surface area is 205 Å². The van der Waals surface area contributed by atoms with E-state index in [0.29, 0.717) is 17.3 Å². The van der Waals surface area contributed by atoms with Crippen LogP contribution in [0.1, 0.15) is 42.3 Å². The number of imidazole rings is 1. The fourth-order valence-electron chi connectivity index (χ4n) is 4.84. The minimum atomic E-state index is -4.83. The lowest BCUT2D eigenvalue weighted by atomic mass is 9.93. The van der Waals surface area contributed by atoms with Gasteiger partial charge >= 0.3 is 6.18 Å². The van der Waals surface area contributed by atoms with Crippen molar-refractivity contribution in [2.24, 2.45) is 0 Å². The molecule has 1 fully saturated rings. The number of fused-ring (bicyclic) bond motifs is 1. The number of hydrogen-bond donors (Lipinski definition) is 3. The molecule has 36 heavy (non-hydrogen) atoms. The van der Waals surface area contributed by atoms with Crippen LogP contribution in [0.25, 0.3) is 11.1 Å². The average molecular weight is 500 g/mol. The molecule has 1 amide bonds. The number of benzene rings is 2. The molecule has 1 aromatic heterocycles. The van der Waals surface area contributed by atoms with Crippen molar-refractivity contribution in [1.82, 2.24) is 14.9 Å². The molecule has 0 bridgehead atoms. The number of alkyl halides is 3. The lowest BCUT2D eigenvalue weighted by Gasteiger charge is -2.32. The van der Waals surface area contributed by atoms with Crippen LogP contribution in [-0.2, 0) is 11.0 Å². The molecule has 3 aromatic rings. The Morgan fingerprint density at radius 2 is 1.94 bits per heavy atom. The van der Waals surface area contributed by atoms with Crippen molar-refractivity contribution in [3.63, 3.8) is 0 Å². The summed E-state index contributed by atoms with van der Waals surface area (Å²) in [5, 5.41) is 6.35. The van der Waals surface area contributed by atoms with Gasteiger partial charge in [0.1, 0.15) is 11.6 Å². The predicted molar refractivity (Wildman–Crippen MR) is 130 cm³/mol. The molecule has 0 aliphatic carbocycles. The van der Waals surface area contributed by atoms with Gasteiger partial charge in [0.25, 0.3) is 5.91 Å². The quantitative estimate of drug-likeness (QED) is 0.326. The second kappa shape index (κ2) is 9.42. The molecular formula is C26H25F4N5O. The van der Waals surface area contributed by atoms with Gasteiger partial charge in [-0.1, -0.05) is 13.0 Å². The van der Waals surface area contributed by atoms with E-state index >= 15 is 0 Å². The van der Waals surface area contributed by atoms with Gasteiger partial charge in [-0.25, -0.2) is 9.37 Å². The number of nitrogens with zero attached hydrogens (tertiary/aromatic N) is 2. The number of halogens is 4. The summed E-state index contributed by atoms with van der Waals surface area (Å²) in [6, 6.07) is 8.45. The van der Waals surface area contributed by atoms with E-state index in [4.69, 9.17) is 0 Å². The summed E-state index contributed by atoms with van der Waals surface area (Å²) in [5.41, 5.74) is 1.14. The zero-order chi connectivity index (χ0) is 25.4. The highest BCUT2D eigenvalue weighted by atomic mass is 19.4. The molecule has 0 spiro atoms. The molecule has 1 saturated heterocycles. The summed E-state index contributed by atoms with van der Waals surface area (Å²) in [7, 11) is 0. The fraction of sp³-hybridized carbons (Fsp3) is 0.308. The van der Waals surface area contributed by atoms with Crippen LogP contribution in [0.4, 0.5) is 28.9 Å². The van der Waals surface area contributed by atoms with Crippen molar-refractivity contribution < 1.29 is 22.4 Å². The first-order valence-corrected chi connectivity index (χ1v) is 11.8. The van der Waals surface area contributed by atoms with E-state index in [1.54, 1.807) is 6.07 Å². The third kappa shape index (κ3) is 4.60. The standard InChI is InChI=1S/C26H25F4N5O/c1-2-35-11-7-16(8-12-35)33-17-4-6-21-18(14-17)23(25(36)34-21)22(24-31-9-10-32-24)15-3-5-19(20(27)13-15)26(28,29)30/h3-6,9-10,13-14,16,33H,2,7-8,11-12H2,1H3,(H,31,32)(H,34,36)/b23-22-. The van der Waals surface area contributed by atoms with Crippen molar-refractivity contribution >= 4 is 28.4 Å². The van der Waals surface area contributed by atoms with E-state index in [0.717, 1.165) is 50.3 Å². The number of nitrogens with one attached hydrogen (secondary N) is 3. The maximum absolute atomic E-state index is 14.5. The summed E-state index contributed by atoms with van der Waals surface area (Å²) in [5.74, 6) is -1.61. The summed E-state index contributed by atoms with van der Waals surface area (Å²) in [4.78, 5) is 22.6. The molecule has 2 aliphatic rings. The third-order valence-corrected chi connectivity index (χ3v) is 6.72. The van der Waals surface area contributed by atoms with Crippen LogP contribution in [0.2, 0.25) is 0 Å². The van der Waals surface area contributed by atoms with Gasteiger partial charge in [-0.2, -0.15) is 13.2 Å². The summed E-state index contributed by atoms with van der Waals surface area (Å²) >= 11 is 0. The molecule has 2 aromatic carbocycles. The van der Waals surface area contributed by atoms with Crippen LogP contribution < -0.4 is 10.6 Å². The smallest absolute Gasteiger partial charge is 0.382 e. The SMILES string of the molecule is CCN1CCC(Nc2ccc3c(c2)/C(=C(\c2ccc(C(F)(F)F)c(F)c2)c2ncc[nH]2)C(=O)N3)CC1. The molecule has 2 aliphatic heterocycles. The van der Waals surface area contributed by atoms with Gasteiger partial charge in [-0.15, -0.1) is 0 Å². The number of carbonyl (C=O) groups is 1. The van der Waals surface area contributed by atoms with Crippen molar-refractivity contribution in [3.05, 3.63) is 77.1 Å². The van der Waals surface area contributed by atoms with Crippen LogP contribution in [0.5, 0.6) is 0 Å². The normalized spacial score (nSPS) is 18.2. The summed E-state index contributed by atoms with van der Waals surface area (Å²) < 4.78 is 54.0. The Morgan fingerprint density at radius 3 is 2.58 bits per heavy atom. The maximum atomic E-state index is 14.5. The molecule has 188 valence electrons. The Balaban J connectivity index is 1.57. The van der Waals surface area contributed by atoms with Crippen LogP contribution >= 0.6 is 0 Å². The molecule has 3 N–H and O–H groups in total. The van der Waals surface area contributed by atoms with Gasteiger partial charge in [-0.3, -0.25) is 4.79 Å². The molecule has 0 atom stereocenters. The molecule has 0 saturated carbocycles. The number of likely N-dealkylation sites (tertiary alicyclic amines) is 1. The number of hydrogen-bond acceptors (Lipinski definition) is 4. The first-order chi connectivity index (χ1) is 17.2. The first-order valence-electron chi connectivity index (χ1n) is 11.8. The number of carbonyl (C=O) groups excluding carboxylic acids is 1. The minimum Gasteiger partial charge on any atom is -0.382 e. The number of anilines is 2. The van der Waals surface area contributed by atoms with Gasteiger partial charge in [-0.05, 0) is 55.3 Å². The van der Waals surface area contributed by atoms with E-state index in [1.165, 1.54) is 12.4 Å². The molecule has 0 unspecified atom stereocenters. The van der Waals surface area contributed by atoms with E-state index in [-0.39, 0.29) is 28.6 Å². The topological polar surface area (TPSA) is 73.0 Å². The second-order valence-corrected chi connectivity index (χ2v) is 8.95. The molecule has 0 radical (unpaired) electrons. The molecule has 6 nitrogen and oxygen atoms in total. The van der Waals surface area contributed by atoms with Crippen LogP contribution in [0, 0.1) is 5.82 Å². The maximum Gasteiger partial charge on any atom is 0.419 e. The van der Waals surface area contributed by atoms with Gasteiger partial charge in [0.2, 0.25) is 0 Å².